The predicted octanol–water partition coefficient (Wildman–Crippen LogP) is 7.79. The van der Waals surface area contributed by atoms with Gasteiger partial charge in [-0.25, -0.2) is 0 Å². The van der Waals surface area contributed by atoms with Crippen LogP contribution in [0, 0.1) is 45.9 Å². The Morgan fingerprint density at radius 2 is 1.55 bits per heavy atom. The topological polar surface area (TPSA) is 55.0 Å². The molecule has 38 heavy (non-hydrogen) atoms. The van der Waals surface area contributed by atoms with Gasteiger partial charge >= 0.3 is 6.18 Å². The lowest BCUT2D eigenvalue weighted by molar-refractivity contribution is -0.137. The highest BCUT2D eigenvalue weighted by molar-refractivity contribution is 5.65. The van der Waals surface area contributed by atoms with E-state index in [1.807, 2.05) is 64.1 Å². The summed E-state index contributed by atoms with van der Waals surface area (Å²) >= 11 is 0. The quantitative estimate of drug-likeness (QED) is 0.272. The summed E-state index contributed by atoms with van der Waals surface area (Å²) in [5, 5.41) is 9.49. The predicted molar refractivity (Wildman–Crippen MR) is 142 cm³/mol. The third-order valence-corrected chi connectivity index (χ3v) is 6.64. The van der Waals surface area contributed by atoms with Gasteiger partial charge in [0.05, 0.1) is 17.8 Å². The molecule has 4 nitrogen and oxygen atoms in total. The Labute approximate surface area is 219 Å². The Morgan fingerprint density at radius 3 is 2.13 bits per heavy atom. The van der Waals surface area contributed by atoms with Crippen molar-refractivity contribution in [3.05, 3.63) is 116 Å². The van der Waals surface area contributed by atoms with Gasteiger partial charge in [0.1, 0.15) is 23.1 Å². The van der Waals surface area contributed by atoms with E-state index in [1.165, 1.54) is 10.6 Å². The monoisotopic (exact) mass is 516 g/mol. The van der Waals surface area contributed by atoms with Crippen molar-refractivity contribution in [1.82, 2.24) is 4.57 Å². The molecule has 0 amide bonds. The lowest BCUT2D eigenvalue weighted by Crippen LogP contribution is -2.29. The van der Waals surface area contributed by atoms with Gasteiger partial charge in [-0.3, -0.25) is 4.79 Å². The number of nitriles is 1. The van der Waals surface area contributed by atoms with Gasteiger partial charge in [-0.15, -0.1) is 0 Å². The zero-order chi connectivity index (χ0) is 27.8. The van der Waals surface area contributed by atoms with Crippen LogP contribution in [-0.4, -0.2) is 4.57 Å². The minimum Gasteiger partial charge on any atom is -0.457 e. The van der Waals surface area contributed by atoms with Gasteiger partial charge in [0.25, 0.3) is 5.56 Å². The van der Waals surface area contributed by atoms with Crippen molar-refractivity contribution >= 4 is 0 Å². The minimum absolute atomic E-state index is 0.0206. The number of hydrogen-bond donors (Lipinski definition) is 0. The van der Waals surface area contributed by atoms with Gasteiger partial charge in [-0.05, 0) is 92.3 Å². The molecule has 4 rings (SSSR count). The summed E-state index contributed by atoms with van der Waals surface area (Å²) < 4.78 is 49.2. The number of benzene rings is 3. The van der Waals surface area contributed by atoms with Gasteiger partial charge in [0.2, 0.25) is 0 Å². The van der Waals surface area contributed by atoms with Crippen LogP contribution in [0.2, 0.25) is 0 Å². The van der Waals surface area contributed by atoms with Crippen LogP contribution < -0.4 is 10.3 Å². The molecule has 3 aromatic carbocycles. The molecular formula is C31H27F3N2O2. The van der Waals surface area contributed by atoms with E-state index >= 15 is 0 Å². The number of nitrogens with zero attached hydrogens (tertiary/aromatic N) is 2. The highest BCUT2D eigenvalue weighted by Gasteiger charge is 2.36. The molecular weight excluding hydrogens is 489 g/mol. The first-order chi connectivity index (χ1) is 17.9. The molecule has 0 aliphatic heterocycles. The normalized spacial score (nSPS) is 11.3. The van der Waals surface area contributed by atoms with E-state index in [2.05, 4.69) is 0 Å². The number of pyridine rings is 1. The van der Waals surface area contributed by atoms with Crippen LogP contribution in [0.4, 0.5) is 13.2 Å². The van der Waals surface area contributed by atoms with Crippen molar-refractivity contribution in [3.8, 4) is 28.8 Å². The number of hydrogen-bond acceptors (Lipinski definition) is 3. The van der Waals surface area contributed by atoms with E-state index in [9.17, 15) is 23.2 Å². The molecule has 1 aromatic heterocycles. The summed E-state index contributed by atoms with van der Waals surface area (Å²) in [7, 11) is 0. The summed E-state index contributed by atoms with van der Waals surface area (Å²) in [6.45, 7) is 9.51. The molecule has 0 aliphatic carbocycles. The van der Waals surface area contributed by atoms with Crippen molar-refractivity contribution in [2.75, 3.05) is 0 Å². The molecule has 0 spiro atoms. The molecule has 0 atom stereocenters. The van der Waals surface area contributed by atoms with Gasteiger partial charge in [0.15, 0.2) is 0 Å². The fourth-order valence-electron chi connectivity index (χ4n) is 4.56. The van der Waals surface area contributed by atoms with Crippen LogP contribution in [0.25, 0.3) is 11.3 Å². The number of para-hydroxylation sites is 1. The first kappa shape index (κ1) is 26.7. The smallest absolute Gasteiger partial charge is 0.417 e. The zero-order valence-electron chi connectivity index (χ0n) is 21.8. The molecule has 0 saturated carbocycles. The molecule has 0 unspecified atom stereocenters. The highest BCUT2D eigenvalue weighted by Crippen LogP contribution is 2.36. The number of aryl methyl sites for hydroxylation is 5. The summed E-state index contributed by atoms with van der Waals surface area (Å²) in [5.41, 5.74) is 2.64. The molecule has 0 aliphatic rings. The fraction of sp³-hybridized carbons (Fsp3) is 0.226. The van der Waals surface area contributed by atoms with Crippen LogP contribution in [0.1, 0.15) is 44.5 Å². The molecule has 0 bridgehead atoms. The minimum atomic E-state index is -4.86. The number of ether oxygens (including phenoxy) is 1. The van der Waals surface area contributed by atoms with Crippen molar-refractivity contribution < 1.29 is 17.9 Å². The van der Waals surface area contributed by atoms with Crippen molar-refractivity contribution in [2.45, 2.75) is 47.3 Å². The van der Waals surface area contributed by atoms with E-state index < -0.39 is 22.9 Å². The maximum atomic E-state index is 13.9. The molecule has 7 heteroatoms. The van der Waals surface area contributed by atoms with Gasteiger partial charge in [-0.1, -0.05) is 42.0 Å². The number of halogens is 3. The summed E-state index contributed by atoms with van der Waals surface area (Å²) in [6.07, 6.45) is -4.86. The molecule has 0 radical (unpaired) electrons. The molecule has 194 valence electrons. The number of alkyl halides is 3. The average Bonchev–Trinajstić information content (AvgIpc) is 2.84. The average molecular weight is 517 g/mol. The summed E-state index contributed by atoms with van der Waals surface area (Å²) in [4.78, 5) is 13.3. The van der Waals surface area contributed by atoms with E-state index in [0.29, 0.717) is 22.6 Å². The Hall–Kier alpha value is -4.31. The van der Waals surface area contributed by atoms with Crippen LogP contribution in [0.5, 0.6) is 11.5 Å². The first-order valence-corrected chi connectivity index (χ1v) is 12.1. The Morgan fingerprint density at radius 1 is 0.868 bits per heavy atom. The molecule has 0 fully saturated rings. The third kappa shape index (κ3) is 5.21. The highest BCUT2D eigenvalue weighted by atomic mass is 19.4. The van der Waals surface area contributed by atoms with Gasteiger partial charge < -0.3 is 9.30 Å². The maximum Gasteiger partial charge on any atom is 0.417 e. The van der Waals surface area contributed by atoms with Gasteiger partial charge in [-0.2, -0.15) is 18.4 Å². The summed E-state index contributed by atoms with van der Waals surface area (Å²) in [5.74, 6) is 1.27. The second-order valence-electron chi connectivity index (χ2n) is 9.55. The van der Waals surface area contributed by atoms with Crippen molar-refractivity contribution in [2.24, 2.45) is 0 Å². The van der Waals surface area contributed by atoms with Crippen LogP contribution in [0.15, 0.2) is 65.5 Å². The standard InChI is InChI=1S/C31H27F3N2O2/c1-18-9-10-24(21(4)13-18)17-36-27(15-26(31(32,33)34)25(16-35)30(36)37)23-11-12-28(22(5)14-23)38-29-19(2)7-6-8-20(29)3/h6-15H,17H2,1-5H3. The lowest BCUT2D eigenvalue weighted by atomic mass is 10.0. The number of aromatic nitrogens is 1. The third-order valence-electron chi connectivity index (χ3n) is 6.64. The van der Waals surface area contributed by atoms with E-state index in [-0.39, 0.29) is 12.2 Å². The lowest BCUT2D eigenvalue weighted by Gasteiger charge is -2.20. The molecule has 4 aromatic rings. The fourth-order valence-corrected chi connectivity index (χ4v) is 4.56. The Kier molecular flexibility index (Phi) is 7.19. The second kappa shape index (κ2) is 10.2. The zero-order valence-corrected chi connectivity index (χ0v) is 21.8. The summed E-state index contributed by atoms with van der Waals surface area (Å²) in [6, 6.07) is 18.9. The largest absolute Gasteiger partial charge is 0.457 e. The van der Waals surface area contributed by atoms with Gasteiger partial charge in [0, 0.05) is 0 Å². The molecule has 0 N–H and O–H groups in total. The Bertz CT molecular complexity index is 1620. The second-order valence-corrected chi connectivity index (χ2v) is 9.55. The Balaban J connectivity index is 1.89. The SMILES string of the molecule is Cc1ccc(Cn2c(-c3ccc(Oc4c(C)cccc4C)c(C)c3)cc(C(F)(F)F)c(C#N)c2=O)c(C)c1. The van der Waals surface area contributed by atoms with E-state index in [0.717, 1.165) is 33.9 Å². The van der Waals surface area contributed by atoms with Crippen LogP contribution >= 0.6 is 0 Å². The van der Waals surface area contributed by atoms with E-state index in [1.54, 1.807) is 25.1 Å². The van der Waals surface area contributed by atoms with E-state index in [4.69, 9.17) is 4.74 Å². The molecule has 0 saturated heterocycles. The molecule has 1 heterocycles. The van der Waals surface area contributed by atoms with Crippen LogP contribution in [-0.2, 0) is 12.7 Å². The first-order valence-electron chi connectivity index (χ1n) is 12.1. The maximum absolute atomic E-state index is 13.9. The van der Waals surface area contributed by atoms with Crippen molar-refractivity contribution in [1.29, 1.82) is 5.26 Å². The van der Waals surface area contributed by atoms with Crippen molar-refractivity contribution in [3.63, 3.8) is 0 Å². The van der Waals surface area contributed by atoms with Crippen LogP contribution in [0.3, 0.4) is 0 Å². The number of rotatable bonds is 5.